The molecule has 1 rings (SSSR count). The number of allylic oxidation sites excluding steroid dienone is 1. The van der Waals surface area contributed by atoms with Gasteiger partial charge in [0.2, 0.25) is 0 Å². The van der Waals surface area contributed by atoms with Crippen LogP contribution in [0.3, 0.4) is 0 Å². The Morgan fingerprint density at radius 3 is 2.61 bits per heavy atom. The fraction of sp³-hybridized carbons (Fsp3) is 0.182. The van der Waals surface area contributed by atoms with Gasteiger partial charge < -0.3 is 14.5 Å². The average molecular weight is 291 g/mol. The van der Waals surface area contributed by atoms with E-state index in [1.807, 2.05) is 0 Å². The van der Waals surface area contributed by atoms with Gasteiger partial charge in [0, 0.05) is 0 Å². The summed E-state index contributed by atoms with van der Waals surface area (Å²) in [6.45, 7) is 0.0984. The van der Waals surface area contributed by atoms with E-state index in [0.717, 1.165) is 0 Å². The standard InChI is InChI=1S/C11H12ClO5P/c12-11(13)9-5-1-2-6-10(9)17-7-3-4-8-18(14,15)16/h1-6H,7-8H2,(H2,14,15,16). The topological polar surface area (TPSA) is 83.8 Å². The monoisotopic (exact) mass is 290 g/mol. The molecule has 0 spiro atoms. The molecular formula is C11H12ClO5P. The molecule has 0 saturated heterocycles. The Kier molecular flexibility index (Phi) is 5.56. The molecule has 0 atom stereocenters. The number of carbonyl (C=O) groups is 1. The predicted octanol–water partition coefficient (Wildman–Crippen LogP) is 2.18. The molecule has 0 fully saturated rings. The van der Waals surface area contributed by atoms with Crippen molar-refractivity contribution in [1.82, 2.24) is 0 Å². The first-order valence-corrected chi connectivity index (χ1v) is 7.19. The van der Waals surface area contributed by atoms with E-state index in [9.17, 15) is 9.36 Å². The lowest BCUT2D eigenvalue weighted by molar-refractivity contribution is 0.107. The third kappa shape index (κ3) is 5.47. The van der Waals surface area contributed by atoms with E-state index in [4.69, 9.17) is 26.1 Å². The highest BCUT2D eigenvalue weighted by Crippen LogP contribution is 2.33. The summed E-state index contributed by atoms with van der Waals surface area (Å²) in [5, 5.41) is -0.621. The summed E-state index contributed by atoms with van der Waals surface area (Å²) in [6, 6.07) is 6.47. The highest BCUT2D eigenvalue weighted by molar-refractivity contribution is 7.51. The van der Waals surface area contributed by atoms with Crippen molar-refractivity contribution in [3.05, 3.63) is 42.0 Å². The SMILES string of the molecule is O=C(Cl)c1ccccc1OCC=CCP(=O)(O)O. The quantitative estimate of drug-likeness (QED) is 0.476. The van der Waals surface area contributed by atoms with Crippen LogP contribution in [-0.4, -0.2) is 27.8 Å². The second kappa shape index (κ2) is 6.71. The van der Waals surface area contributed by atoms with Crippen molar-refractivity contribution >= 4 is 24.4 Å². The lowest BCUT2D eigenvalue weighted by Gasteiger charge is -2.06. The Morgan fingerprint density at radius 2 is 2.00 bits per heavy atom. The van der Waals surface area contributed by atoms with Gasteiger partial charge >= 0.3 is 7.60 Å². The van der Waals surface area contributed by atoms with Gasteiger partial charge in [-0.1, -0.05) is 24.3 Å². The lowest BCUT2D eigenvalue weighted by Crippen LogP contribution is -1.99. The zero-order chi connectivity index (χ0) is 13.6. The number of para-hydroxylation sites is 1. The van der Waals surface area contributed by atoms with E-state index >= 15 is 0 Å². The number of rotatable bonds is 6. The van der Waals surface area contributed by atoms with E-state index in [1.165, 1.54) is 18.2 Å². The molecule has 18 heavy (non-hydrogen) atoms. The van der Waals surface area contributed by atoms with E-state index in [1.54, 1.807) is 18.2 Å². The highest BCUT2D eigenvalue weighted by Gasteiger charge is 2.09. The molecule has 0 bridgehead atoms. The average Bonchev–Trinajstić information content (AvgIpc) is 2.27. The second-order valence-corrected chi connectivity index (χ2v) is 5.44. The zero-order valence-corrected chi connectivity index (χ0v) is 11.0. The molecule has 0 aliphatic heterocycles. The Morgan fingerprint density at radius 1 is 1.33 bits per heavy atom. The van der Waals surface area contributed by atoms with Gasteiger partial charge in [0.15, 0.2) is 0 Å². The molecule has 1 aromatic carbocycles. The maximum atomic E-state index is 11.1. The molecule has 0 aromatic heterocycles. The molecule has 0 aliphatic rings. The fourth-order valence-electron chi connectivity index (χ4n) is 1.17. The van der Waals surface area contributed by atoms with E-state index in [-0.39, 0.29) is 18.3 Å². The van der Waals surface area contributed by atoms with Gasteiger partial charge in [0.25, 0.3) is 5.24 Å². The molecule has 0 unspecified atom stereocenters. The zero-order valence-electron chi connectivity index (χ0n) is 9.32. The van der Waals surface area contributed by atoms with Crippen LogP contribution in [0.15, 0.2) is 36.4 Å². The first kappa shape index (κ1) is 14.9. The third-order valence-electron chi connectivity index (χ3n) is 1.94. The van der Waals surface area contributed by atoms with Crippen LogP contribution >= 0.6 is 19.2 Å². The van der Waals surface area contributed by atoms with E-state index < -0.39 is 12.8 Å². The highest BCUT2D eigenvalue weighted by atomic mass is 35.5. The molecule has 0 heterocycles. The molecule has 5 nitrogen and oxygen atoms in total. The Balaban J connectivity index is 2.54. The Hall–Kier alpha value is -1.13. The number of hydrogen-bond acceptors (Lipinski definition) is 3. The Bertz CT molecular complexity index is 494. The van der Waals surface area contributed by atoms with Crippen LogP contribution in [0.25, 0.3) is 0 Å². The molecule has 1 aromatic rings. The summed E-state index contributed by atoms with van der Waals surface area (Å²) in [7, 11) is -4.02. The third-order valence-corrected chi connectivity index (χ3v) is 2.83. The number of benzene rings is 1. The van der Waals surface area contributed by atoms with Gasteiger partial charge in [-0.3, -0.25) is 9.36 Å². The number of halogens is 1. The predicted molar refractivity (Wildman–Crippen MR) is 68.2 cm³/mol. The van der Waals surface area contributed by atoms with E-state index in [2.05, 4.69) is 0 Å². The summed E-state index contributed by atoms with van der Waals surface area (Å²) in [5.74, 6) is 0.332. The minimum Gasteiger partial charge on any atom is -0.489 e. The first-order chi connectivity index (χ1) is 8.40. The maximum Gasteiger partial charge on any atom is 0.329 e. The summed E-state index contributed by atoms with van der Waals surface area (Å²) < 4.78 is 15.8. The van der Waals surface area contributed by atoms with Gasteiger partial charge in [-0.15, -0.1) is 0 Å². The minimum atomic E-state index is -4.02. The summed E-state index contributed by atoms with van der Waals surface area (Å²) in [6.07, 6.45) is 2.45. The molecule has 0 aliphatic carbocycles. The summed E-state index contributed by atoms with van der Waals surface area (Å²) >= 11 is 5.37. The van der Waals surface area contributed by atoms with Gasteiger partial charge in [-0.05, 0) is 23.7 Å². The van der Waals surface area contributed by atoms with Crippen molar-refractivity contribution in [2.45, 2.75) is 0 Å². The number of ether oxygens (including phenoxy) is 1. The largest absolute Gasteiger partial charge is 0.489 e. The maximum absolute atomic E-state index is 11.1. The molecule has 98 valence electrons. The molecule has 2 N–H and O–H groups in total. The molecule has 0 amide bonds. The van der Waals surface area contributed by atoms with Crippen LogP contribution in [0.2, 0.25) is 0 Å². The van der Waals surface area contributed by atoms with Crippen molar-refractivity contribution in [1.29, 1.82) is 0 Å². The minimum absolute atomic E-state index is 0.0984. The van der Waals surface area contributed by atoms with Crippen LogP contribution in [0.1, 0.15) is 10.4 Å². The van der Waals surface area contributed by atoms with Crippen LogP contribution in [0, 0.1) is 0 Å². The fourth-order valence-corrected chi connectivity index (χ4v) is 1.75. The molecule has 0 radical (unpaired) electrons. The normalized spacial score (nSPS) is 11.7. The van der Waals surface area contributed by atoms with Crippen LogP contribution in [0.4, 0.5) is 0 Å². The van der Waals surface area contributed by atoms with Crippen molar-refractivity contribution in [2.75, 3.05) is 12.8 Å². The smallest absolute Gasteiger partial charge is 0.329 e. The van der Waals surface area contributed by atoms with Crippen molar-refractivity contribution < 1.29 is 23.9 Å². The Labute approximate surface area is 109 Å². The van der Waals surface area contributed by atoms with Crippen LogP contribution < -0.4 is 4.74 Å². The second-order valence-electron chi connectivity index (χ2n) is 3.40. The van der Waals surface area contributed by atoms with Crippen molar-refractivity contribution in [3.63, 3.8) is 0 Å². The first-order valence-electron chi connectivity index (χ1n) is 5.01. The van der Waals surface area contributed by atoms with E-state index in [0.29, 0.717) is 5.75 Å². The lowest BCUT2D eigenvalue weighted by atomic mass is 10.2. The van der Waals surface area contributed by atoms with Gasteiger partial charge in [-0.2, -0.15) is 0 Å². The molecular weight excluding hydrogens is 279 g/mol. The van der Waals surface area contributed by atoms with Gasteiger partial charge in [-0.25, -0.2) is 0 Å². The number of hydrogen-bond donors (Lipinski definition) is 2. The van der Waals surface area contributed by atoms with Crippen LogP contribution in [-0.2, 0) is 4.57 Å². The van der Waals surface area contributed by atoms with Crippen molar-refractivity contribution in [2.24, 2.45) is 0 Å². The van der Waals surface area contributed by atoms with Crippen molar-refractivity contribution in [3.8, 4) is 5.75 Å². The van der Waals surface area contributed by atoms with Gasteiger partial charge in [0.1, 0.15) is 12.4 Å². The molecule has 7 heteroatoms. The van der Waals surface area contributed by atoms with Crippen LogP contribution in [0.5, 0.6) is 5.75 Å². The van der Waals surface area contributed by atoms with Gasteiger partial charge in [0.05, 0.1) is 11.7 Å². The molecule has 0 saturated carbocycles. The summed E-state index contributed by atoms with van der Waals surface area (Å²) in [5.41, 5.74) is 0.252. The number of carbonyl (C=O) groups excluding carboxylic acids is 1. The summed E-state index contributed by atoms with van der Waals surface area (Å²) in [4.78, 5) is 28.3.